The first-order chi connectivity index (χ1) is 9.72. The zero-order chi connectivity index (χ0) is 14.4. The molecule has 0 bridgehead atoms. The van der Waals surface area contributed by atoms with Crippen molar-refractivity contribution < 1.29 is 4.79 Å². The van der Waals surface area contributed by atoms with Gasteiger partial charge in [0.05, 0.1) is 11.8 Å². The lowest BCUT2D eigenvalue weighted by atomic mass is 10.2. The van der Waals surface area contributed by atoms with Gasteiger partial charge in [-0.3, -0.25) is 14.5 Å². The highest BCUT2D eigenvalue weighted by atomic mass is 16.1. The number of carbonyl (C=O) groups is 1. The van der Waals surface area contributed by atoms with Gasteiger partial charge >= 0.3 is 0 Å². The molecule has 0 saturated heterocycles. The van der Waals surface area contributed by atoms with E-state index in [0.717, 1.165) is 24.2 Å². The van der Waals surface area contributed by atoms with Crippen molar-refractivity contribution in [1.82, 2.24) is 20.1 Å². The third kappa shape index (κ3) is 3.42. The van der Waals surface area contributed by atoms with Gasteiger partial charge in [-0.15, -0.1) is 0 Å². The van der Waals surface area contributed by atoms with E-state index >= 15 is 0 Å². The van der Waals surface area contributed by atoms with Gasteiger partial charge in [0.1, 0.15) is 0 Å². The highest BCUT2D eigenvalue weighted by molar-refractivity contribution is 5.94. The summed E-state index contributed by atoms with van der Waals surface area (Å²) in [5, 5.41) is 7.10. The summed E-state index contributed by atoms with van der Waals surface area (Å²) >= 11 is 0. The molecule has 106 valence electrons. The van der Waals surface area contributed by atoms with E-state index in [1.54, 1.807) is 18.6 Å². The lowest BCUT2D eigenvalue weighted by Gasteiger charge is -2.06. The van der Waals surface area contributed by atoms with Crippen LogP contribution in [-0.4, -0.2) is 27.2 Å². The fraction of sp³-hybridized carbons (Fsp3) is 0.357. The second kappa shape index (κ2) is 6.81. The van der Waals surface area contributed by atoms with Crippen LogP contribution in [0.2, 0.25) is 0 Å². The Morgan fingerprint density at radius 1 is 1.40 bits per heavy atom. The van der Waals surface area contributed by atoms with E-state index in [9.17, 15) is 4.79 Å². The minimum absolute atomic E-state index is 0.113. The molecule has 0 aromatic carbocycles. The molecule has 0 atom stereocenters. The van der Waals surface area contributed by atoms with Gasteiger partial charge in [0.15, 0.2) is 0 Å². The molecule has 0 fully saturated rings. The molecule has 2 aromatic rings. The summed E-state index contributed by atoms with van der Waals surface area (Å²) in [6.45, 7) is 3.72. The lowest BCUT2D eigenvalue weighted by Crippen LogP contribution is -2.23. The molecule has 0 aliphatic carbocycles. The number of amides is 1. The topological polar surface area (TPSA) is 85.8 Å². The predicted octanol–water partition coefficient (Wildman–Crippen LogP) is 0.865. The highest BCUT2D eigenvalue weighted by Gasteiger charge is 2.13. The smallest absolute Gasteiger partial charge is 0.255 e. The summed E-state index contributed by atoms with van der Waals surface area (Å²) in [6.07, 6.45) is 5.86. The predicted molar refractivity (Wildman–Crippen MR) is 76.0 cm³/mol. The van der Waals surface area contributed by atoms with E-state index < -0.39 is 0 Å². The van der Waals surface area contributed by atoms with Gasteiger partial charge in [0, 0.05) is 31.2 Å². The number of hydrogen-bond acceptors (Lipinski definition) is 4. The molecule has 6 heteroatoms. The Morgan fingerprint density at radius 2 is 2.15 bits per heavy atom. The first-order valence-electron chi connectivity index (χ1n) is 6.62. The van der Waals surface area contributed by atoms with Crippen LogP contribution in [0.25, 0.3) is 0 Å². The number of nitrogens with one attached hydrogen (secondary N) is 1. The second-order valence-corrected chi connectivity index (χ2v) is 4.55. The lowest BCUT2D eigenvalue weighted by molar-refractivity contribution is 0.0950. The van der Waals surface area contributed by atoms with Crippen molar-refractivity contribution in [2.24, 2.45) is 5.73 Å². The summed E-state index contributed by atoms with van der Waals surface area (Å²) in [6, 6.07) is 3.75. The third-order valence-corrected chi connectivity index (χ3v) is 3.12. The van der Waals surface area contributed by atoms with Crippen LogP contribution in [0.4, 0.5) is 0 Å². The van der Waals surface area contributed by atoms with E-state index in [4.69, 9.17) is 5.73 Å². The monoisotopic (exact) mass is 273 g/mol. The summed E-state index contributed by atoms with van der Waals surface area (Å²) < 4.78 is 1.81. The van der Waals surface area contributed by atoms with Gasteiger partial charge in [0.25, 0.3) is 5.91 Å². The average Bonchev–Trinajstić information content (AvgIpc) is 2.85. The molecule has 0 radical (unpaired) electrons. The van der Waals surface area contributed by atoms with Crippen LogP contribution in [0.3, 0.4) is 0 Å². The van der Waals surface area contributed by atoms with Crippen molar-refractivity contribution in [1.29, 1.82) is 0 Å². The molecule has 0 aliphatic heterocycles. The molecule has 0 spiro atoms. The fourth-order valence-electron chi connectivity index (χ4n) is 1.91. The molecular weight excluding hydrogens is 254 g/mol. The SMILES string of the molecule is Cc1c(C(=O)NCc2ccncc2)cnn1CCCN. The zero-order valence-electron chi connectivity index (χ0n) is 11.5. The molecule has 2 aromatic heterocycles. The summed E-state index contributed by atoms with van der Waals surface area (Å²) in [4.78, 5) is 16.1. The average molecular weight is 273 g/mol. The van der Waals surface area contributed by atoms with Crippen LogP contribution in [0, 0.1) is 6.92 Å². The van der Waals surface area contributed by atoms with E-state index in [1.807, 2.05) is 23.7 Å². The van der Waals surface area contributed by atoms with Crippen LogP contribution >= 0.6 is 0 Å². The molecule has 6 nitrogen and oxygen atoms in total. The Hall–Kier alpha value is -2.21. The molecule has 0 saturated carbocycles. The minimum Gasteiger partial charge on any atom is -0.348 e. The number of rotatable bonds is 6. The van der Waals surface area contributed by atoms with Crippen molar-refractivity contribution in [2.75, 3.05) is 6.54 Å². The molecular formula is C14H19N5O. The quantitative estimate of drug-likeness (QED) is 0.817. The largest absolute Gasteiger partial charge is 0.348 e. The van der Waals surface area contributed by atoms with E-state index in [-0.39, 0.29) is 5.91 Å². The number of aromatic nitrogens is 3. The molecule has 0 aliphatic rings. The number of pyridine rings is 1. The van der Waals surface area contributed by atoms with Gasteiger partial charge in [-0.1, -0.05) is 0 Å². The molecule has 2 heterocycles. The molecule has 1 amide bonds. The molecule has 20 heavy (non-hydrogen) atoms. The van der Waals surface area contributed by atoms with Crippen LogP contribution < -0.4 is 11.1 Å². The maximum Gasteiger partial charge on any atom is 0.255 e. The maximum absolute atomic E-state index is 12.1. The number of carbonyl (C=O) groups excluding carboxylic acids is 1. The Labute approximate surface area is 118 Å². The first kappa shape index (κ1) is 14.2. The fourth-order valence-corrected chi connectivity index (χ4v) is 1.91. The molecule has 3 N–H and O–H groups in total. The minimum atomic E-state index is -0.113. The van der Waals surface area contributed by atoms with Crippen molar-refractivity contribution in [2.45, 2.75) is 26.4 Å². The number of aryl methyl sites for hydroxylation is 1. The van der Waals surface area contributed by atoms with Crippen LogP contribution in [-0.2, 0) is 13.1 Å². The van der Waals surface area contributed by atoms with Crippen molar-refractivity contribution in [3.05, 3.63) is 47.5 Å². The number of hydrogen-bond donors (Lipinski definition) is 2. The zero-order valence-corrected chi connectivity index (χ0v) is 11.5. The van der Waals surface area contributed by atoms with Crippen molar-refractivity contribution >= 4 is 5.91 Å². The van der Waals surface area contributed by atoms with E-state index in [0.29, 0.717) is 18.7 Å². The van der Waals surface area contributed by atoms with Crippen molar-refractivity contribution in [3.63, 3.8) is 0 Å². The first-order valence-corrected chi connectivity index (χ1v) is 6.62. The third-order valence-electron chi connectivity index (χ3n) is 3.12. The molecule has 2 rings (SSSR count). The Balaban J connectivity index is 1.97. The van der Waals surface area contributed by atoms with Gasteiger partial charge in [-0.25, -0.2) is 0 Å². The summed E-state index contributed by atoms with van der Waals surface area (Å²) in [5.74, 6) is -0.113. The maximum atomic E-state index is 12.1. The van der Waals surface area contributed by atoms with Crippen LogP contribution in [0.1, 0.15) is 28.0 Å². The standard InChI is InChI=1S/C14H19N5O/c1-11-13(10-18-19(11)8-2-5-15)14(20)17-9-12-3-6-16-7-4-12/h3-4,6-7,10H,2,5,8-9,15H2,1H3,(H,17,20). The Morgan fingerprint density at radius 3 is 2.85 bits per heavy atom. The Kier molecular flexibility index (Phi) is 4.84. The van der Waals surface area contributed by atoms with Gasteiger partial charge in [0.2, 0.25) is 0 Å². The van der Waals surface area contributed by atoms with Gasteiger partial charge < -0.3 is 11.1 Å². The van der Waals surface area contributed by atoms with Crippen LogP contribution in [0.15, 0.2) is 30.7 Å². The second-order valence-electron chi connectivity index (χ2n) is 4.55. The van der Waals surface area contributed by atoms with E-state index in [2.05, 4.69) is 15.4 Å². The van der Waals surface area contributed by atoms with Crippen LogP contribution in [0.5, 0.6) is 0 Å². The Bertz CT molecular complexity index is 564. The summed E-state index contributed by atoms with van der Waals surface area (Å²) in [7, 11) is 0. The van der Waals surface area contributed by atoms with Gasteiger partial charge in [-0.2, -0.15) is 5.10 Å². The number of nitrogens with two attached hydrogens (primary N) is 1. The number of nitrogens with zero attached hydrogens (tertiary/aromatic N) is 3. The normalized spacial score (nSPS) is 10.5. The highest BCUT2D eigenvalue weighted by Crippen LogP contribution is 2.08. The van der Waals surface area contributed by atoms with E-state index in [1.165, 1.54) is 0 Å². The molecule has 0 unspecified atom stereocenters. The summed E-state index contributed by atoms with van der Waals surface area (Å²) in [5.41, 5.74) is 7.97. The van der Waals surface area contributed by atoms with Crippen molar-refractivity contribution in [3.8, 4) is 0 Å². The van der Waals surface area contributed by atoms with Gasteiger partial charge in [-0.05, 0) is 37.6 Å².